The average Bonchev–Trinajstić information content (AvgIpc) is 1.88. The molecule has 0 aromatic heterocycles. The third kappa shape index (κ3) is 1.43. The van der Waals surface area contributed by atoms with Crippen molar-refractivity contribution in [3.63, 3.8) is 0 Å². The number of aryl methyl sites for hydroxylation is 1. The Morgan fingerprint density at radius 3 is 2.60 bits per heavy atom. The minimum Gasteiger partial charge on any atom is -0.398 e. The molecule has 3 heteroatoms. The van der Waals surface area contributed by atoms with E-state index in [1.165, 1.54) is 11.9 Å². The van der Waals surface area contributed by atoms with Crippen LogP contribution in [0.1, 0.15) is 5.56 Å². The van der Waals surface area contributed by atoms with Crippen LogP contribution in [-0.4, -0.2) is 0 Å². The molecule has 0 unspecified atom stereocenters. The Morgan fingerprint density at radius 2 is 2.10 bits per heavy atom. The number of hydrogen-bond donors (Lipinski definition) is 2. The highest BCUT2D eigenvalue weighted by Crippen LogP contribution is 2.20. The summed E-state index contributed by atoms with van der Waals surface area (Å²) in [6, 6.07) is 5.83. The fraction of sp³-hybridized carbons (Fsp3) is 0.143. The minimum absolute atomic E-state index is 0.757. The summed E-state index contributed by atoms with van der Waals surface area (Å²) in [6.45, 7) is 2.00. The molecule has 1 rings (SSSR count). The van der Waals surface area contributed by atoms with Gasteiger partial charge in [0, 0.05) is 10.6 Å². The van der Waals surface area contributed by atoms with E-state index in [-0.39, 0.29) is 0 Å². The van der Waals surface area contributed by atoms with Crippen LogP contribution in [0.15, 0.2) is 23.1 Å². The molecule has 0 fully saturated rings. The topological polar surface area (TPSA) is 52.0 Å². The molecule has 0 bridgehead atoms. The summed E-state index contributed by atoms with van der Waals surface area (Å²) < 4.78 is 0. The van der Waals surface area contributed by atoms with Crippen LogP contribution in [0.4, 0.5) is 5.69 Å². The van der Waals surface area contributed by atoms with Gasteiger partial charge in [0.15, 0.2) is 0 Å². The third-order valence-corrected chi connectivity index (χ3v) is 1.92. The molecule has 2 nitrogen and oxygen atoms in total. The van der Waals surface area contributed by atoms with Crippen LogP contribution in [-0.2, 0) is 0 Å². The molecule has 0 aliphatic heterocycles. The highest BCUT2D eigenvalue weighted by atomic mass is 32.2. The molecular formula is C7H10N2S. The number of nitrogens with two attached hydrogens (primary N) is 2. The lowest BCUT2D eigenvalue weighted by Crippen LogP contribution is -1.90. The SMILES string of the molecule is Cc1ccc(SN)c(N)c1. The maximum atomic E-state index is 5.63. The van der Waals surface area contributed by atoms with Crippen LogP contribution in [0.5, 0.6) is 0 Å². The van der Waals surface area contributed by atoms with Crippen molar-refractivity contribution in [2.24, 2.45) is 5.14 Å². The molecule has 0 atom stereocenters. The van der Waals surface area contributed by atoms with Crippen LogP contribution in [0, 0.1) is 6.92 Å². The van der Waals surface area contributed by atoms with Crippen molar-refractivity contribution in [3.8, 4) is 0 Å². The maximum absolute atomic E-state index is 5.63. The van der Waals surface area contributed by atoms with Crippen molar-refractivity contribution in [2.75, 3.05) is 5.73 Å². The molecule has 54 valence electrons. The van der Waals surface area contributed by atoms with Crippen LogP contribution in [0.3, 0.4) is 0 Å². The van der Waals surface area contributed by atoms with E-state index < -0.39 is 0 Å². The van der Waals surface area contributed by atoms with Gasteiger partial charge in [0.25, 0.3) is 0 Å². The van der Waals surface area contributed by atoms with Crippen molar-refractivity contribution in [1.29, 1.82) is 0 Å². The molecule has 0 heterocycles. The smallest absolute Gasteiger partial charge is 0.0468 e. The number of nitrogen functional groups attached to an aromatic ring is 1. The zero-order chi connectivity index (χ0) is 7.56. The van der Waals surface area contributed by atoms with Crippen molar-refractivity contribution in [2.45, 2.75) is 11.8 Å². The number of hydrogen-bond acceptors (Lipinski definition) is 3. The Labute approximate surface area is 64.7 Å². The van der Waals surface area contributed by atoms with Gasteiger partial charge >= 0.3 is 0 Å². The quantitative estimate of drug-likeness (QED) is 0.476. The van der Waals surface area contributed by atoms with Gasteiger partial charge in [0.05, 0.1) is 0 Å². The zero-order valence-corrected chi connectivity index (χ0v) is 6.61. The maximum Gasteiger partial charge on any atom is 0.0468 e. The second kappa shape index (κ2) is 2.94. The van der Waals surface area contributed by atoms with Gasteiger partial charge in [-0.1, -0.05) is 6.07 Å². The lowest BCUT2D eigenvalue weighted by atomic mass is 10.2. The summed E-state index contributed by atoms with van der Waals surface area (Å²) in [4.78, 5) is 0.936. The van der Waals surface area contributed by atoms with E-state index in [0.29, 0.717) is 0 Å². The Balaban J connectivity index is 3.07. The number of benzene rings is 1. The van der Waals surface area contributed by atoms with E-state index in [2.05, 4.69) is 0 Å². The van der Waals surface area contributed by atoms with Crippen molar-refractivity contribution < 1.29 is 0 Å². The second-order valence-electron chi connectivity index (χ2n) is 2.16. The van der Waals surface area contributed by atoms with E-state index in [9.17, 15) is 0 Å². The predicted octanol–water partition coefficient (Wildman–Crippen LogP) is 1.54. The largest absolute Gasteiger partial charge is 0.398 e. The lowest BCUT2D eigenvalue weighted by Gasteiger charge is -2.00. The first-order valence-electron chi connectivity index (χ1n) is 2.97. The standard InChI is InChI=1S/C7H10N2S/c1-5-2-3-7(10-9)6(8)4-5/h2-4H,8-9H2,1H3. The van der Waals surface area contributed by atoms with Gasteiger partial charge in [-0.2, -0.15) is 0 Å². The molecular weight excluding hydrogens is 144 g/mol. The highest BCUT2D eigenvalue weighted by molar-refractivity contribution is 7.97. The zero-order valence-electron chi connectivity index (χ0n) is 5.79. The van der Waals surface area contributed by atoms with Crippen LogP contribution < -0.4 is 10.9 Å². The molecule has 0 spiro atoms. The van der Waals surface area contributed by atoms with E-state index in [1.54, 1.807) is 0 Å². The van der Waals surface area contributed by atoms with E-state index in [0.717, 1.165) is 16.1 Å². The summed E-state index contributed by atoms with van der Waals surface area (Å²) >= 11 is 1.18. The van der Waals surface area contributed by atoms with E-state index >= 15 is 0 Å². The summed E-state index contributed by atoms with van der Waals surface area (Å²) in [5, 5.41) is 5.34. The predicted molar refractivity (Wildman–Crippen MR) is 45.6 cm³/mol. The van der Waals surface area contributed by atoms with Crippen molar-refractivity contribution >= 4 is 17.6 Å². The van der Waals surface area contributed by atoms with Crippen molar-refractivity contribution in [1.82, 2.24) is 0 Å². The van der Waals surface area contributed by atoms with Gasteiger partial charge in [0.2, 0.25) is 0 Å². The van der Waals surface area contributed by atoms with Gasteiger partial charge in [-0.05, 0) is 36.6 Å². The van der Waals surface area contributed by atoms with Crippen LogP contribution >= 0.6 is 11.9 Å². The average molecular weight is 154 g/mol. The first kappa shape index (κ1) is 7.44. The Morgan fingerprint density at radius 1 is 1.40 bits per heavy atom. The second-order valence-corrected chi connectivity index (χ2v) is 2.83. The molecule has 0 aliphatic carbocycles. The Bertz CT molecular complexity index is 235. The van der Waals surface area contributed by atoms with Gasteiger partial charge in [-0.3, -0.25) is 5.14 Å². The number of rotatable bonds is 1. The van der Waals surface area contributed by atoms with Crippen LogP contribution in [0.25, 0.3) is 0 Å². The van der Waals surface area contributed by atoms with E-state index in [4.69, 9.17) is 10.9 Å². The minimum atomic E-state index is 0.757. The molecule has 10 heavy (non-hydrogen) atoms. The highest BCUT2D eigenvalue weighted by Gasteiger charge is 1.95. The van der Waals surface area contributed by atoms with Gasteiger partial charge < -0.3 is 5.73 Å². The third-order valence-electron chi connectivity index (χ3n) is 1.29. The van der Waals surface area contributed by atoms with Gasteiger partial charge in [0.1, 0.15) is 0 Å². The summed E-state index contributed by atoms with van der Waals surface area (Å²) in [5.41, 5.74) is 7.55. The van der Waals surface area contributed by atoms with Gasteiger partial charge in [-0.15, -0.1) is 0 Å². The molecule has 1 aromatic carbocycles. The molecule has 4 N–H and O–H groups in total. The van der Waals surface area contributed by atoms with E-state index in [1.807, 2.05) is 25.1 Å². The molecule has 0 amide bonds. The van der Waals surface area contributed by atoms with Crippen LogP contribution in [0.2, 0.25) is 0 Å². The molecule has 0 radical (unpaired) electrons. The Kier molecular flexibility index (Phi) is 2.19. The summed E-state index contributed by atoms with van der Waals surface area (Å²) in [7, 11) is 0. The lowest BCUT2D eigenvalue weighted by molar-refractivity contribution is 1.38. The molecule has 0 saturated carbocycles. The normalized spacial score (nSPS) is 9.80. The molecule has 1 aromatic rings. The Hall–Kier alpha value is -0.670. The first-order valence-corrected chi connectivity index (χ1v) is 3.85. The fourth-order valence-electron chi connectivity index (χ4n) is 0.775. The number of anilines is 1. The molecule has 0 saturated heterocycles. The molecule has 0 aliphatic rings. The fourth-order valence-corrected chi connectivity index (χ4v) is 1.12. The van der Waals surface area contributed by atoms with Crippen molar-refractivity contribution in [3.05, 3.63) is 23.8 Å². The summed E-state index contributed by atoms with van der Waals surface area (Å²) in [5.74, 6) is 0. The van der Waals surface area contributed by atoms with Gasteiger partial charge in [-0.25, -0.2) is 0 Å². The monoisotopic (exact) mass is 154 g/mol. The first-order chi connectivity index (χ1) is 4.74. The summed E-state index contributed by atoms with van der Waals surface area (Å²) in [6.07, 6.45) is 0.